The van der Waals surface area contributed by atoms with Crippen molar-refractivity contribution in [3.05, 3.63) is 40.8 Å². The third kappa shape index (κ3) is 2.40. The number of sulfonamides is 1. The fourth-order valence-corrected chi connectivity index (χ4v) is 6.45. The summed E-state index contributed by atoms with van der Waals surface area (Å²) in [6.07, 6.45) is 0.854. The van der Waals surface area contributed by atoms with Crippen molar-refractivity contribution in [2.45, 2.75) is 44.0 Å². The van der Waals surface area contributed by atoms with Crippen molar-refractivity contribution < 1.29 is 17.8 Å². The van der Waals surface area contributed by atoms with Crippen molar-refractivity contribution in [1.29, 1.82) is 0 Å². The second-order valence-corrected chi connectivity index (χ2v) is 9.14. The minimum Gasteiger partial charge on any atom is -0.360 e. The number of nitrogens with one attached hydrogen (secondary N) is 1. The zero-order valence-corrected chi connectivity index (χ0v) is 15.9. The summed E-state index contributed by atoms with van der Waals surface area (Å²) in [6, 6.07) is 6.06. The van der Waals surface area contributed by atoms with Crippen LogP contribution in [-0.2, 0) is 10.0 Å². The van der Waals surface area contributed by atoms with Crippen molar-refractivity contribution in [2.75, 3.05) is 24.4 Å². The molecule has 134 valence electrons. The molecule has 7 heteroatoms. The largest absolute Gasteiger partial charge is 0.360 e. The van der Waals surface area contributed by atoms with Crippen LogP contribution in [0.15, 0.2) is 27.6 Å². The molecule has 3 atom stereocenters. The maximum atomic E-state index is 13.5. The number of likely N-dealkylation sites (N-methyl/N-ethyl adjacent to an activating group) is 1. The van der Waals surface area contributed by atoms with Gasteiger partial charge in [-0.3, -0.25) is 4.31 Å². The summed E-state index contributed by atoms with van der Waals surface area (Å²) in [4.78, 5) is 1.66. The Kier molecular flexibility index (Phi) is 3.70. The van der Waals surface area contributed by atoms with Gasteiger partial charge in [-0.15, -0.1) is 0 Å². The van der Waals surface area contributed by atoms with Crippen LogP contribution < -0.4 is 9.21 Å². The number of piperidine rings is 1. The molecule has 0 radical (unpaired) electrons. The van der Waals surface area contributed by atoms with Gasteiger partial charge in [0.15, 0.2) is 10.7 Å². The number of likely N-dealkylation sites (tertiary alicyclic amines) is 1. The molecule has 6 nitrogen and oxygen atoms in total. The second-order valence-electron chi connectivity index (χ2n) is 7.39. The molecule has 1 unspecified atom stereocenters. The first-order valence-electron chi connectivity index (χ1n) is 8.70. The highest BCUT2D eigenvalue weighted by Crippen LogP contribution is 2.46. The van der Waals surface area contributed by atoms with Crippen LogP contribution in [0.1, 0.15) is 34.9 Å². The van der Waals surface area contributed by atoms with E-state index in [2.05, 4.69) is 25.2 Å². The lowest BCUT2D eigenvalue weighted by Gasteiger charge is -2.34. The Morgan fingerprint density at radius 1 is 1.28 bits per heavy atom. The van der Waals surface area contributed by atoms with Gasteiger partial charge in [0.05, 0.1) is 37.8 Å². The predicted molar refractivity (Wildman–Crippen MR) is 94.6 cm³/mol. The number of benzene rings is 1. The first kappa shape index (κ1) is 16.6. The first-order chi connectivity index (χ1) is 11.8. The van der Waals surface area contributed by atoms with E-state index in [4.69, 9.17) is 4.52 Å². The number of anilines is 1. The molecule has 1 saturated heterocycles. The average Bonchev–Trinajstić information content (AvgIpc) is 3.05. The van der Waals surface area contributed by atoms with E-state index in [0.717, 1.165) is 36.3 Å². The Labute approximate surface area is 148 Å². The third-order valence-corrected chi connectivity index (χ3v) is 7.59. The maximum Gasteiger partial charge on any atom is 0.270 e. The summed E-state index contributed by atoms with van der Waals surface area (Å²) < 4.78 is 33.9. The quantitative estimate of drug-likeness (QED) is 0.871. The molecule has 0 amide bonds. The molecule has 1 aromatic carbocycles. The van der Waals surface area contributed by atoms with Crippen LogP contribution in [0.4, 0.5) is 5.69 Å². The first-order valence-corrected chi connectivity index (χ1v) is 10.1. The number of hydrogen-bond donors (Lipinski definition) is 1. The van der Waals surface area contributed by atoms with Crippen LogP contribution in [0.25, 0.3) is 0 Å². The predicted octanol–water partition coefficient (Wildman–Crippen LogP) is 1.18. The standard InChI is InChI=1S/C18H23N3O3S/c1-11-5-6-16-14(9-11)15-10-20(4)8-7-17(15)21(16)25(22,23)18-12(2)19-24-13(18)3/h5-6,9,15,17H,7-8,10H2,1-4H3/p+1/t15-,17+/m0/s1. The molecule has 0 bridgehead atoms. The summed E-state index contributed by atoms with van der Waals surface area (Å²) in [5, 5.41) is 3.86. The van der Waals surface area contributed by atoms with Gasteiger partial charge < -0.3 is 9.42 Å². The lowest BCUT2D eigenvalue weighted by atomic mass is 9.89. The van der Waals surface area contributed by atoms with E-state index in [1.807, 2.05) is 12.1 Å². The molecular formula is C18H24N3O3S+. The minimum atomic E-state index is -3.70. The molecular weight excluding hydrogens is 338 g/mol. The molecule has 0 aliphatic carbocycles. The number of fused-ring (bicyclic) bond motifs is 3. The Hall–Kier alpha value is -1.86. The Morgan fingerprint density at radius 3 is 2.72 bits per heavy atom. The molecule has 1 N–H and O–H groups in total. The Balaban J connectivity index is 1.90. The van der Waals surface area contributed by atoms with Gasteiger partial charge in [-0.1, -0.05) is 22.9 Å². The number of hydrogen-bond acceptors (Lipinski definition) is 4. The van der Waals surface area contributed by atoms with E-state index in [9.17, 15) is 8.42 Å². The normalized spacial score (nSPS) is 25.8. The molecule has 2 aliphatic heterocycles. The van der Waals surface area contributed by atoms with Gasteiger partial charge in [0.1, 0.15) is 5.69 Å². The van der Waals surface area contributed by atoms with Crippen LogP contribution in [0.3, 0.4) is 0 Å². The maximum absolute atomic E-state index is 13.5. The molecule has 2 aromatic rings. The molecule has 0 spiro atoms. The summed E-state index contributed by atoms with van der Waals surface area (Å²) in [6.45, 7) is 7.33. The van der Waals surface area contributed by atoms with Crippen LogP contribution in [0, 0.1) is 20.8 Å². The molecule has 2 aliphatic rings. The van der Waals surface area contributed by atoms with Crippen molar-refractivity contribution in [1.82, 2.24) is 5.16 Å². The van der Waals surface area contributed by atoms with Gasteiger partial charge in [0, 0.05) is 6.42 Å². The highest BCUT2D eigenvalue weighted by Gasteiger charge is 2.49. The average molecular weight is 362 g/mol. The Morgan fingerprint density at radius 2 is 2.04 bits per heavy atom. The Bertz CT molecular complexity index is 916. The van der Waals surface area contributed by atoms with E-state index < -0.39 is 10.0 Å². The van der Waals surface area contributed by atoms with Gasteiger partial charge in [-0.2, -0.15) is 0 Å². The van der Waals surface area contributed by atoms with Gasteiger partial charge in [0.2, 0.25) is 0 Å². The summed E-state index contributed by atoms with van der Waals surface area (Å²) in [5.74, 6) is 0.590. The van der Waals surface area contributed by atoms with Crippen molar-refractivity contribution in [2.24, 2.45) is 0 Å². The van der Waals surface area contributed by atoms with E-state index in [1.54, 1.807) is 18.2 Å². The van der Waals surface area contributed by atoms with Gasteiger partial charge >= 0.3 is 0 Å². The molecule has 4 rings (SSSR count). The number of nitrogens with zero attached hydrogens (tertiary/aromatic N) is 2. The van der Waals surface area contributed by atoms with Crippen LogP contribution in [0.2, 0.25) is 0 Å². The van der Waals surface area contributed by atoms with E-state index in [0.29, 0.717) is 11.5 Å². The number of quaternary nitrogens is 1. The van der Waals surface area contributed by atoms with Gasteiger partial charge in [0.25, 0.3) is 10.0 Å². The number of aryl methyl sites for hydroxylation is 3. The van der Waals surface area contributed by atoms with Crippen LogP contribution in [-0.4, -0.2) is 39.8 Å². The van der Waals surface area contributed by atoms with Crippen molar-refractivity contribution in [3.63, 3.8) is 0 Å². The van der Waals surface area contributed by atoms with E-state index >= 15 is 0 Å². The van der Waals surface area contributed by atoms with Crippen LogP contribution in [0.5, 0.6) is 0 Å². The molecule has 0 saturated carbocycles. The van der Waals surface area contributed by atoms with Gasteiger partial charge in [-0.05, 0) is 32.4 Å². The van der Waals surface area contributed by atoms with Crippen molar-refractivity contribution >= 4 is 15.7 Å². The summed E-state index contributed by atoms with van der Waals surface area (Å²) in [7, 11) is -1.53. The third-order valence-electron chi connectivity index (χ3n) is 5.51. The summed E-state index contributed by atoms with van der Waals surface area (Å²) >= 11 is 0. The van der Waals surface area contributed by atoms with E-state index in [1.165, 1.54) is 4.90 Å². The summed E-state index contributed by atoms with van der Waals surface area (Å²) in [5.41, 5.74) is 3.56. The minimum absolute atomic E-state index is 0.0285. The van der Waals surface area contributed by atoms with Crippen LogP contribution >= 0.6 is 0 Å². The monoisotopic (exact) mass is 362 g/mol. The highest BCUT2D eigenvalue weighted by atomic mass is 32.2. The molecule has 1 fully saturated rings. The zero-order chi connectivity index (χ0) is 17.9. The fraction of sp³-hybridized carbons (Fsp3) is 0.500. The van der Waals surface area contributed by atoms with E-state index in [-0.39, 0.29) is 16.9 Å². The number of aromatic nitrogens is 1. The lowest BCUT2D eigenvalue weighted by molar-refractivity contribution is -0.886. The topological polar surface area (TPSA) is 67.8 Å². The SMILES string of the molecule is Cc1ccc2c(c1)[C@@H]1C[NH+](C)CC[C@H]1N2S(=O)(=O)c1c(C)noc1C. The smallest absolute Gasteiger partial charge is 0.270 e. The molecule has 1 aromatic heterocycles. The molecule has 25 heavy (non-hydrogen) atoms. The second kappa shape index (κ2) is 5.57. The lowest BCUT2D eigenvalue weighted by Crippen LogP contribution is -3.11. The fourth-order valence-electron chi connectivity index (χ4n) is 4.41. The number of rotatable bonds is 2. The highest BCUT2D eigenvalue weighted by molar-refractivity contribution is 7.93. The van der Waals surface area contributed by atoms with Gasteiger partial charge in [-0.25, -0.2) is 8.42 Å². The molecule has 3 heterocycles. The van der Waals surface area contributed by atoms with Crippen molar-refractivity contribution in [3.8, 4) is 0 Å². The zero-order valence-electron chi connectivity index (χ0n) is 15.0.